The molecule has 3 aromatic rings. The number of ether oxygens (including phenoxy) is 2. The van der Waals surface area contributed by atoms with Crippen LogP contribution in [0.1, 0.15) is 67.9 Å². The third-order valence-electron chi connectivity index (χ3n) is 11.0. The number of hydrogen-bond acceptors (Lipinski definition) is 5. The van der Waals surface area contributed by atoms with Crippen LogP contribution in [0.5, 0.6) is 5.75 Å². The summed E-state index contributed by atoms with van der Waals surface area (Å²) >= 11 is 0. The van der Waals surface area contributed by atoms with Gasteiger partial charge < -0.3 is 14.4 Å². The molecule has 1 amide bonds. The number of likely N-dealkylation sites (tertiary alicyclic amines) is 1. The van der Waals surface area contributed by atoms with E-state index in [2.05, 4.69) is 91.2 Å². The number of carbonyl (C=O) groups is 2. The van der Waals surface area contributed by atoms with Gasteiger partial charge >= 0.3 is 5.97 Å². The predicted octanol–water partition coefficient (Wildman–Crippen LogP) is 6.53. The smallest absolute Gasteiger partial charge is 0.303 e. The Bertz CT molecular complexity index is 1650. The van der Waals surface area contributed by atoms with Crippen molar-refractivity contribution in [3.63, 3.8) is 0 Å². The van der Waals surface area contributed by atoms with Gasteiger partial charge in [0.2, 0.25) is 5.91 Å². The normalized spacial score (nSPS) is 27.7. The first kappa shape index (κ1) is 30.7. The third-order valence-corrected chi connectivity index (χ3v) is 11.0. The lowest BCUT2D eigenvalue weighted by molar-refractivity contribution is -0.224. The quantitative estimate of drug-likeness (QED) is 0.202. The number of nitrogens with zero attached hydrogens (tertiary/aromatic N) is 2. The largest absolute Gasteiger partial charge is 0.487 e. The van der Waals surface area contributed by atoms with Crippen LogP contribution < -0.4 is 4.74 Å². The molecule has 2 aliphatic carbocycles. The van der Waals surface area contributed by atoms with E-state index in [0.29, 0.717) is 19.4 Å². The van der Waals surface area contributed by atoms with Gasteiger partial charge in [-0.05, 0) is 80.3 Å². The predicted molar refractivity (Wildman–Crippen MR) is 181 cm³/mol. The minimum Gasteiger partial charge on any atom is -0.487 e. The fraction of sp³-hybridized carbons (Fsp3) is 0.450. The molecule has 0 aromatic heterocycles. The molecule has 2 aliphatic heterocycles. The summed E-state index contributed by atoms with van der Waals surface area (Å²) in [5.41, 5.74) is 4.76. The van der Waals surface area contributed by atoms with Gasteiger partial charge in [0.25, 0.3) is 0 Å². The number of aryl methyl sites for hydroxylation is 1. The van der Waals surface area contributed by atoms with E-state index in [1.165, 1.54) is 16.7 Å². The van der Waals surface area contributed by atoms with Crippen molar-refractivity contribution < 1.29 is 19.1 Å². The van der Waals surface area contributed by atoms with Crippen molar-refractivity contribution in [1.29, 1.82) is 0 Å². The molecule has 1 saturated heterocycles. The highest BCUT2D eigenvalue weighted by Crippen LogP contribution is 2.65. The SMILES string of the molecule is CC(=O)O[C@@]12CC[C@@H](N(CC(C)C)C(=O)C=Cc3cccc(C)c3)[C@@H]3Oc4cccc5c4[C@@]31CCN(CCc1ccccc1)[C@@H]2C5. The van der Waals surface area contributed by atoms with E-state index in [0.717, 1.165) is 49.2 Å². The second-order valence-electron chi connectivity index (χ2n) is 14.3. The Kier molecular flexibility index (Phi) is 8.04. The summed E-state index contributed by atoms with van der Waals surface area (Å²) in [6.07, 6.45) is 7.35. The Hall–Kier alpha value is -3.90. The first-order chi connectivity index (χ1) is 22.2. The maximum Gasteiger partial charge on any atom is 0.303 e. The molecule has 6 heteroatoms. The average molecular weight is 619 g/mol. The Morgan fingerprint density at radius 2 is 1.87 bits per heavy atom. The number of piperidine rings is 1. The average Bonchev–Trinajstić information content (AvgIpc) is 3.37. The van der Waals surface area contributed by atoms with Crippen LogP contribution >= 0.6 is 0 Å². The lowest BCUT2D eigenvalue weighted by Gasteiger charge is -2.65. The number of rotatable bonds is 9. The van der Waals surface area contributed by atoms with E-state index in [9.17, 15) is 9.59 Å². The van der Waals surface area contributed by atoms with E-state index in [-0.39, 0.29) is 36.0 Å². The van der Waals surface area contributed by atoms with Crippen LogP contribution in [-0.4, -0.2) is 65.1 Å². The molecule has 0 unspecified atom stereocenters. The molecule has 240 valence electrons. The molecule has 2 bridgehead atoms. The molecule has 4 aliphatic rings. The van der Waals surface area contributed by atoms with Gasteiger partial charge in [-0.2, -0.15) is 0 Å². The topological polar surface area (TPSA) is 59.1 Å². The van der Waals surface area contributed by atoms with Crippen molar-refractivity contribution in [3.8, 4) is 5.75 Å². The lowest BCUT2D eigenvalue weighted by Crippen LogP contribution is -2.79. The van der Waals surface area contributed by atoms with E-state index >= 15 is 0 Å². The van der Waals surface area contributed by atoms with Gasteiger partial charge in [0.1, 0.15) is 17.5 Å². The van der Waals surface area contributed by atoms with Crippen LogP contribution in [0, 0.1) is 12.8 Å². The van der Waals surface area contributed by atoms with Crippen LogP contribution in [0.15, 0.2) is 78.9 Å². The van der Waals surface area contributed by atoms with Gasteiger partial charge in [-0.1, -0.05) is 86.1 Å². The molecular weight excluding hydrogens is 572 g/mol. The zero-order chi connectivity index (χ0) is 32.1. The Morgan fingerprint density at radius 3 is 2.63 bits per heavy atom. The van der Waals surface area contributed by atoms with Crippen LogP contribution in [0.3, 0.4) is 0 Å². The number of carbonyl (C=O) groups excluding carboxylic acids is 2. The first-order valence-corrected chi connectivity index (χ1v) is 17.0. The number of benzene rings is 3. The second-order valence-corrected chi connectivity index (χ2v) is 14.3. The van der Waals surface area contributed by atoms with Gasteiger partial charge in [0, 0.05) is 31.7 Å². The molecule has 2 fully saturated rings. The van der Waals surface area contributed by atoms with Crippen LogP contribution in [0.2, 0.25) is 0 Å². The van der Waals surface area contributed by atoms with Gasteiger partial charge in [-0.3, -0.25) is 14.5 Å². The first-order valence-electron chi connectivity index (χ1n) is 17.0. The standard InChI is InChI=1S/C40H46N2O4/c1-27(2)26-42(36(44)17-16-31-13-8-10-28(3)24-31)33-18-20-40(46-29(4)43)35-25-32-14-9-15-34-37(32)39(40,38(33)45-34)21-23-41(35)22-19-30-11-6-5-7-12-30/h5-17,24,27,33,35,38H,18-23,25-26H2,1-4H3/t33-,35-,38+,39+,40-/m1/s1. The van der Waals surface area contributed by atoms with Gasteiger partial charge in [0.05, 0.1) is 17.5 Å². The molecule has 5 atom stereocenters. The highest BCUT2D eigenvalue weighted by Gasteiger charge is 2.75. The summed E-state index contributed by atoms with van der Waals surface area (Å²) < 4.78 is 13.7. The molecule has 0 radical (unpaired) electrons. The fourth-order valence-electron chi connectivity index (χ4n) is 9.33. The van der Waals surface area contributed by atoms with E-state index in [1.807, 2.05) is 18.2 Å². The van der Waals surface area contributed by atoms with Crippen molar-refractivity contribution in [3.05, 3.63) is 107 Å². The summed E-state index contributed by atoms with van der Waals surface area (Å²) in [6.45, 7) is 10.4. The Balaban J connectivity index is 1.28. The monoisotopic (exact) mass is 618 g/mol. The summed E-state index contributed by atoms with van der Waals surface area (Å²) in [5.74, 6) is 0.946. The molecular formula is C40H46N2O4. The minimum absolute atomic E-state index is 0.00373. The molecule has 1 saturated carbocycles. The summed E-state index contributed by atoms with van der Waals surface area (Å²) in [6, 6.07) is 25.2. The Morgan fingerprint density at radius 1 is 1.07 bits per heavy atom. The van der Waals surface area contributed by atoms with Crippen LogP contribution in [0.4, 0.5) is 0 Å². The zero-order valence-electron chi connectivity index (χ0n) is 27.6. The maximum absolute atomic E-state index is 14.2. The molecule has 7 rings (SSSR count). The van der Waals surface area contributed by atoms with Gasteiger partial charge in [-0.25, -0.2) is 0 Å². The van der Waals surface area contributed by atoms with Crippen molar-refractivity contribution in [1.82, 2.24) is 9.80 Å². The summed E-state index contributed by atoms with van der Waals surface area (Å²) in [7, 11) is 0. The molecule has 1 spiro atoms. The molecule has 0 N–H and O–H groups in total. The lowest BCUT2D eigenvalue weighted by atomic mass is 9.48. The van der Waals surface area contributed by atoms with Gasteiger partial charge in [-0.15, -0.1) is 0 Å². The molecule has 2 heterocycles. The number of amides is 1. The second kappa shape index (κ2) is 12.0. The van der Waals surface area contributed by atoms with Gasteiger partial charge in [0.15, 0.2) is 0 Å². The third kappa shape index (κ3) is 5.06. The number of esters is 1. The van der Waals surface area contributed by atoms with Crippen LogP contribution in [-0.2, 0) is 32.6 Å². The molecule has 46 heavy (non-hydrogen) atoms. The van der Waals surface area contributed by atoms with Crippen molar-refractivity contribution in [2.45, 2.75) is 89.0 Å². The van der Waals surface area contributed by atoms with Crippen molar-refractivity contribution >= 4 is 18.0 Å². The fourth-order valence-corrected chi connectivity index (χ4v) is 9.33. The Labute approximate surface area is 273 Å². The maximum atomic E-state index is 14.2. The van der Waals surface area contributed by atoms with E-state index in [4.69, 9.17) is 9.47 Å². The number of hydrogen-bond donors (Lipinski definition) is 0. The van der Waals surface area contributed by atoms with E-state index < -0.39 is 11.0 Å². The minimum atomic E-state index is -0.724. The highest BCUT2D eigenvalue weighted by atomic mass is 16.6. The van der Waals surface area contributed by atoms with Crippen molar-refractivity contribution in [2.24, 2.45) is 5.92 Å². The van der Waals surface area contributed by atoms with Crippen LogP contribution in [0.25, 0.3) is 6.08 Å². The van der Waals surface area contributed by atoms with Crippen molar-refractivity contribution in [2.75, 3.05) is 19.6 Å². The highest BCUT2D eigenvalue weighted by molar-refractivity contribution is 5.92. The summed E-state index contributed by atoms with van der Waals surface area (Å²) in [4.78, 5) is 31.9. The molecule has 6 nitrogen and oxygen atoms in total. The van der Waals surface area contributed by atoms with E-state index in [1.54, 1.807) is 13.0 Å². The molecule has 3 aromatic carbocycles. The summed E-state index contributed by atoms with van der Waals surface area (Å²) in [5, 5.41) is 0. The zero-order valence-corrected chi connectivity index (χ0v) is 27.6.